The lowest BCUT2D eigenvalue weighted by atomic mass is 10.2. The Kier molecular flexibility index (Phi) is 3.75. The van der Waals surface area contributed by atoms with Gasteiger partial charge in [-0.3, -0.25) is 4.79 Å². The van der Waals surface area contributed by atoms with E-state index in [0.29, 0.717) is 4.47 Å². The summed E-state index contributed by atoms with van der Waals surface area (Å²) in [6.45, 7) is 0. The molecular weight excluding hydrogens is 320 g/mol. The molecule has 0 fully saturated rings. The zero-order valence-electron chi connectivity index (χ0n) is 9.45. The van der Waals surface area contributed by atoms with E-state index in [4.69, 9.17) is 5.73 Å². The summed E-state index contributed by atoms with van der Waals surface area (Å²) in [5.74, 6) is -2.20. The van der Waals surface area contributed by atoms with Crippen molar-refractivity contribution in [1.82, 2.24) is 4.98 Å². The average molecular weight is 328 g/mol. The fourth-order valence-electron chi connectivity index (χ4n) is 1.43. The number of hydrogen-bond donors (Lipinski definition) is 2. The van der Waals surface area contributed by atoms with Gasteiger partial charge in [-0.2, -0.15) is 0 Å². The van der Waals surface area contributed by atoms with Gasteiger partial charge in [-0.15, -0.1) is 0 Å². The molecule has 4 nitrogen and oxygen atoms in total. The molecule has 1 heterocycles. The van der Waals surface area contributed by atoms with Crippen LogP contribution in [0.25, 0.3) is 0 Å². The van der Waals surface area contributed by atoms with Crippen molar-refractivity contribution >= 4 is 33.3 Å². The van der Waals surface area contributed by atoms with Crippen molar-refractivity contribution < 1.29 is 13.6 Å². The van der Waals surface area contributed by atoms with Gasteiger partial charge >= 0.3 is 0 Å². The number of nitrogen functional groups attached to an aromatic ring is 1. The van der Waals surface area contributed by atoms with E-state index in [2.05, 4.69) is 26.2 Å². The molecule has 1 aromatic heterocycles. The van der Waals surface area contributed by atoms with E-state index in [9.17, 15) is 13.6 Å². The van der Waals surface area contributed by atoms with Crippen LogP contribution in [-0.2, 0) is 0 Å². The number of nitrogens with one attached hydrogen (secondary N) is 1. The first-order valence-corrected chi connectivity index (χ1v) is 5.94. The van der Waals surface area contributed by atoms with Gasteiger partial charge in [0.1, 0.15) is 17.5 Å². The lowest BCUT2D eigenvalue weighted by Gasteiger charge is -2.09. The lowest BCUT2D eigenvalue weighted by Crippen LogP contribution is -2.16. The second-order valence-electron chi connectivity index (χ2n) is 3.64. The van der Waals surface area contributed by atoms with E-state index < -0.39 is 17.5 Å². The minimum Gasteiger partial charge on any atom is -0.383 e. The number of nitrogens with two attached hydrogens (primary N) is 1. The first-order chi connectivity index (χ1) is 8.99. The predicted octanol–water partition coefficient (Wildman–Crippen LogP) is 2.96. The van der Waals surface area contributed by atoms with Gasteiger partial charge in [0.05, 0.1) is 17.4 Å². The minimum absolute atomic E-state index is 0.0452. The Balaban J connectivity index is 2.34. The Hall–Kier alpha value is -2.02. The zero-order chi connectivity index (χ0) is 14.0. The maximum absolute atomic E-state index is 13.5. The topological polar surface area (TPSA) is 68.0 Å². The third kappa shape index (κ3) is 2.87. The van der Waals surface area contributed by atoms with Crippen LogP contribution >= 0.6 is 15.9 Å². The fraction of sp³-hybridized carbons (Fsp3) is 0. The number of carbonyl (C=O) groups is 1. The second-order valence-corrected chi connectivity index (χ2v) is 4.49. The molecule has 98 valence electrons. The van der Waals surface area contributed by atoms with Crippen LogP contribution in [-0.4, -0.2) is 10.9 Å². The molecule has 7 heteroatoms. The number of nitrogens with zero attached hydrogens (tertiary/aromatic N) is 1. The van der Waals surface area contributed by atoms with Gasteiger partial charge in [0.15, 0.2) is 0 Å². The van der Waals surface area contributed by atoms with Gasteiger partial charge in [0, 0.05) is 4.47 Å². The molecule has 1 amide bonds. The average Bonchev–Trinajstić information content (AvgIpc) is 2.37. The van der Waals surface area contributed by atoms with Gasteiger partial charge in [-0.1, -0.05) is 6.07 Å². The number of para-hydroxylation sites is 1. The molecule has 0 bridgehead atoms. The number of hydrogen-bond acceptors (Lipinski definition) is 3. The number of anilines is 2. The predicted molar refractivity (Wildman–Crippen MR) is 70.7 cm³/mol. The Morgan fingerprint density at radius 1 is 1.37 bits per heavy atom. The van der Waals surface area contributed by atoms with Crippen LogP contribution in [0.5, 0.6) is 0 Å². The zero-order valence-corrected chi connectivity index (χ0v) is 11.0. The minimum atomic E-state index is -0.740. The molecule has 2 rings (SSSR count). The smallest absolute Gasteiger partial charge is 0.259 e. The molecule has 0 aliphatic carbocycles. The van der Waals surface area contributed by atoms with Gasteiger partial charge in [-0.05, 0) is 34.1 Å². The summed E-state index contributed by atoms with van der Waals surface area (Å²) in [5.41, 5.74) is 5.27. The van der Waals surface area contributed by atoms with Crippen LogP contribution in [0.1, 0.15) is 10.4 Å². The number of aromatic nitrogens is 1. The van der Waals surface area contributed by atoms with E-state index in [1.165, 1.54) is 12.1 Å². The Bertz CT molecular complexity index is 629. The molecule has 0 spiro atoms. The summed E-state index contributed by atoms with van der Waals surface area (Å²) >= 11 is 3.11. The maximum atomic E-state index is 13.5. The SMILES string of the molecule is Nc1ncc(F)cc1C(=O)Nc1c(F)cccc1Br. The molecule has 0 saturated heterocycles. The molecular formula is C12H8BrF2N3O. The number of halogens is 3. The van der Waals surface area contributed by atoms with Gasteiger partial charge < -0.3 is 11.1 Å². The highest BCUT2D eigenvalue weighted by molar-refractivity contribution is 9.10. The Morgan fingerprint density at radius 2 is 2.11 bits per heavy atom. The lowest BCUT2D eigenvalue weighted by molar-refractivity contribution is 0.102. The maximum Gasteiger partial charge on any atom is 0.259 e. The molecule has 19 heavy (non-hydrogen) atoms. The van der Waals surface area contributed by atoms with E-state index in [1.54, 1.807) is 6.07 Å². The van der Waals surface area contributed by atoms with Crippen molar-refractivity contribution in [3.05, 3.63) is 52.1 Å². The number of amides is 1. The Labute approximate surface area is 115 Å². The molecule has 3 N–H and O–H groups in total. The van der Waals surface area contributed by atoms with Crippen LogP contribution in [0.3, 0.4) is 0 Å². The summed E-state index contributed by atoms with van der Waals surface area (Å²) in [6.07, 6.45) is 0.894. The molecule has 1 aromatic carbocycles. The van der Waals surface area contributed by atoms with Gasteiger partial charge in [-0.25, -0.2) is 13.8 Å². The largest absolute Gasteiger partial charge is 0.383 e. The number of carbonyl (C=O) groups excluding carboxylic acids is 1. The van der Waals surface area contributed by atoms with E-state index in [0.717, 1.165) is 12.3 Å². The van der Waals surface area contributed by atoms with Gasteiger partial charge in [0.2, 0.25) is 0 Å². The van der Waals surface area contributed by atoms with Crippen molar-refractivity contribution in [2.24, 2.45) is 0 Å². The van der Waals surface area contributed by atoms with E-state index in [1.807, 2.05) is 0 Å². The Morgan fingerprint density at radius 3 is 2.79 bits per heavy atom. The number of benzene rings is 1. The molecule has 0 saturated carbocycles. The highest BCUT2D eigenvalue weighted by atomic mass is 79.9. The normalized spacial score (nSPS) is 10.3. The van der Waals surface area contributed by atoms with E-state index in [-0.39, 0.29) is 17.1 Å². The van der Waals surface area contributed by atoms with Crippen LogP contribution in [0, 0.1) is 11.6 Å². The summed E-state index contributed by atoms with van der Waals surface area (Å²) in [4.78, 5) is 15.4. The molecule has 0 aliphatic rings. The summed E-state index contributed by atoms with van der Waals surface area (Å²) in [7, 11) is 0. The summed E-state index contributed by atoms with van der Waals surface area (Å²) < 4.78 is 26.9. The van der Waals surface area contributed by atoms with Crippen LogP contribution in [0.15, 0.2) is 34.9 Å². The van der Waals surface area contributed by atoms with E-state index >= 15 is 0 Å². The van der Waals surface area contributed by atoms with Crippen molar-refractivity contribution in [1.29, 1.82) is 0 Å². The van der Waals surface area contributed by atoms with Crippen LogP contribution in [0.2, 0.25) is 0 Å². The summed E-state index contributed by atoms with van der Waals surface area (Å²) in [5, 5.41) is 2.32. The third-order valence-electron chi connectivity index (χ3n) is 2.33. The fourth-order valence-corrected chi connectivity index (χ4v) is 1.87. The second kappa shape index (κ2) is 5.31. The molecule has 0 radical (unpaired) electrons. The number of pyridine rings is 1. The molecule has 0 atom stereocenters. The first-order valence-electron chi connectivity index (χ1n) is 5.15. The van der Waals surface area contributed by atoms with Gasteiger partial charge in [0.25, 0.3) is 5.91 Å². The highest BCUT2D eigenvalue weighted by Crippen LogP contribution is 2.26. The molecule has 2 aromatic rings. The number of rotatable bonds is 2. The molecule has 0 aliphatic heterocycles. The third-order valence-corrected chi connectivity index (χ3v) is 2.99. The quantitative estimate of drug-likeness (QED) is 0.891. The first kappa shape index (κ1) is 13.4. The van der Waals surface area contributed by atoms with Crippen molar-refractivity contribution in [3.63, 3.8) is 0 Å². The van der Waals surface area contributed by atoms with Crippen molar-refractivity contribution in [2.75, 3.05) is 11.1 Å². The van der Waals surface area contributed by atoms with Crippen molar-refractivity contribution in [3.8, 4) is 0 Å². The standard InChI is InChI=1S/C12H8BrF2N3O/c13-8-2-1-3-9(15)10(8)18-12(19)7-4-6(14)5-17-11(7)16/h1-5H,(H2,16,17)(H,18,19). The summed E-state index contributed by atoms with van der Waals surface area (Å²) in [6, 6.07) is 5.17. The van der Waals surface area contributed by atoms with Crippen LogP contribution in [0.4, 0.5) is 20.3 Å². The molecule has 0 unspecified atom stereocenters. The monoisotopic (exact) mass is 327 g/mol. The van der Waals surface area contributed by atoms with Crippen molar-refractivity contribution in [2.45, 2.75) is 0 Å². The highest BCUT2D eigenvalue weighted by Gasteiger charge is 2.15. The van der Waals surface area contributed by atoms with Crippen LogP contribution < -0.4 is 11.1 Å².